The fraction of sp³-hybridized carbons (Fsp3) is 0.417. The number of carboxylic acid groups (broad SMARTS) is 1. The Balaban J connectivity index is 1.99. The summed E-state index contributed by atoms with van der Waals surface area (Å²) in [7, 11) is 2.09. The lowest BCUT2D eigenvalue weighted by atomic mass is 10.1. The van der Waals surface area contributed by atoms with E-state index in [2.05, 4.69) is 35.5 Å². The molecule has 4 nitrogen and oxygen atoms in total. The van der Waals surface area contributed by atoms with Crippen molar-refractivity contribution in [2.45, 2.75) is 13.0 Å². The van der Waals surface area contributed by atoms with Gasteiger partial charge < -0.3 is 15.3 Å². The number of nitrogens with zero attached hydrogens (tertiary/aromatic N) is 1. The van der Waals surface area contributed by atoms with Crippen LogP contribution in [0.3, 0.4) is 0 Å². The molecular weight excluding hydrogens is 204 g/mol. The Kier molecular flexibility index (Phi) is 3.10. The van der Waals surface area contributed by atoms with E-state index in [0.717, 1.165) is 18.5 Å². The molecule has 16 heavy (non-hydrogen) atoms. The minimum atomic E-state index is -0.819. The maximum Gasteiger partial charge on any atom is 0.317 e. The Morgan fingerprint density at radius 2 is 2.38 bits per heavy atom. The van der Waals surface area contributed by atoms with Crippen LogP contribution in [-0.2, 0) is 17.8 Å². The van der Waals surface area contributed by atoms with Gasteiger partial charge in [0.1, 0.15) is 0 Å². The van der Waals surface area contributed by atoms with E-state index in [1.165, 1.54) is 11.3 Å². The number of aliphatic carboxylic acids is 1. The smallest absolute Gasteiger partial charge is 0.317 e. The monoisotopic (exact) mass is 220 g/mol. The van der Waals surface area contributed by atoms with Crippen LogP contribution in [0.2, 0.25) is 0 Å². The SMILES string of the molecule is CN1CCc2cc(CNCC(=O)O)ccc21. The molecule has 0 spiro atoms. The number of benzene rings is 1. The summed E-state index contributed by atoms with van der Waals surface area (Å²) in [5, 5.41) is 11.4. The summed E-state index contributed by atoms with van der Waals surface area (Å²) in [6.45, 7) is 1.70. The van der Waals surface area contributed by atoms with E-state index in [4.69, 9.17) is 5.11 Å². The van der Waals surface area contributed by atoms with Gasteiger partial charge in [-0.15, -0.1) is 0 Å². The standard InChI is InChI=1S/C12H16N2O2/c1-14-5-4-10-6-9(2-3-11(10)14)7-13-8-12(15)16/h2-3,6,13H,4-5,7-8H2,1H3,(H,15,16). The fourth-order valence-corrected chi connectivity index (χ4v) is 2.04. The number of rotatable bonds is 4. The number of carboxylic acids is 1. The van der Waals surface area contributed by atoms with Crippen molar-refractivity contribution in [3.05, 3.63) is 29.3 Å². The molecular formula is C12H16N2O2. The molecule has 1 aliphatic heterocycles. The van der Waals surface area contributed by atoms with E-state index in [1.54, 1.807) is 0 Å². The average Bonchev–Trinajstić information content (AvgIpc) is 2.60. The summed E-state index contributed by atoms with van der Waals surface area (Å²) in [6.07, 6.45) is 1.08. The van der Waals surface area contributed by atoms with Gasteiger partial charge in [-0.1, -0.05) is 12.1 Å². The lowest BCUT2D eigenvalue weighted by Gasteiger charge is -2.12. The molecule has 0 unspecified atom stereocenters. The zero-order chi connectivity index (χ0) is 11.5. The first kappa shape index (κ1) is 11.0. The number of hydrogen-bond donors (Lipinski definition) is 2. The average molecular weight is 220 g/mol. The van der Waals surface area contributed by atoms with Crippen LogP contribution in [0.4, 0.5) is 5.69 Å². The van der Waals surface area contributed by atoms with Crippen LogP contribution in [0.1, 0.15) is 11.1 Å². The number of anilines is 1. The van der Waals surface area contributed by atoms with Gasteiger partial charge in [-0.05, 0) is 23.6 Å². The van der Waals surface area contributed by atoms with Crippen molar-refractivity contribution < 1.29 is 9.90 Å². The quantitative estimate of drug-likeness (QED) is 0.790. The second kappa shape index (κ2) is 4.53. The second-order valence-corrected chi connectivity index (χ2v) is 4.13. The van der Waals surface area contributed by atoms with Crippen molar-refractivity contribution in [1.29, 1.82) is 0 Å². The molecule has 2 N–H and O–H groups in total. The minimum absolute atomic E-state index is 0.0109. The highest BCUT2D eigenvalue weighted by Crippen LogP contribution is 2.27. The van der Waals surface area contributed by atoms with Gasteiger partial charge >= 0.3 is 5.97 Å². The third-order valence-electron chi connectivity index (χ3n) is 2.88. The number of nitrogens with one attached hydrogen (secondary N) is 1. The first-order chi connectivity index (χ1) is 7.66. The van der Waals surface area contributed by atoms with E-state index < -0.39 is 5.97 Å². The zero-order valence-corrected chi connectivity index (χ0v) is 9.36. The van der Waals surface area contributed by atoms with Crippen LogP contribution in [0.25, 0.3) is 0 Å². The second-order valence-electron chi connectivity index (χ2n) is 4.13. The van der Waals surface area contributed by atoms with E-state index in [-0.39, 0.29) is 6.54 Å². The summed E-state index contributed by atoms with van der Waals surface area (Å²) in [6, 6.07) is 6.32. The van der Waals surface area contributed by atoms with Gasteiger partial charge in [-0.3, -0.25) is 4.79 Å². The molecule has 4 heteroatoms. The molecule has 1 heterocycles. The van der Waals surface area contributed by atoms with Crippen molar-refractivity contribution in [1.82, 2.24) is 5.32 Å². The molecule has 86 valence electrons. The van der Waals surface area contributed by atoms with Gasteiger partial charge in [-0.2, -0.15) is 0 Å². The lowest BCUT2D eigenvalue weighted by molar-refractivity contribution is -0.135. The topological polar surface area (TPSA) is 52.6 Å². The van der Waals surface area contributed by atoms with Crippen molar-refractivity contribution in [2.24, 2.45) is 0 Å². The molecule has 1 aromatic carbocycles. The highest BCUT2D eigenvalue weighted by Gasteiger charge is 2.15. The van der Waals surface area contributed by atoms with Gasteiger partial charge in [0.15, 0.2) is 0 Å². The maximum absolute atomic E-state index is 10.4. The van der Waals surface area contributed by atoms with Crippen molar-refractivity contribution in [2.75, 3.05) is 25.0 Å². The van der Waals surface area contributed by atoms with Crippen LogP contribution in [0.15, 0.2) is 18.2 Å². The third kappa shape index (κ3) is 2.33. The molecule has 0 aliphatic carbocycles. The number of likely N-dealkylation sites (N-methyl/N-ethyl adjacent to an activating group) is 1. The van der Waals surface area contributed by atoms with Crippen LogP contribution in [-0.4, -0.2) is 31.2 Å². The van der Waals surface area contributed by atoms with Crippen LogP contribution in [0, 0.1) is 0 Å². The minimum Gasteiger partial charge on any atom is -0.480 e. The number of fused-ring (bicyclic) bond motifs is 1. The van der Waals surface area contributed by atoms with Crippen molar-refractivity contribution in [3.63, 3.8) is 0 Å². The van der Waals surface area contributed by atoms with E-state index >= 15 is 0 Å². The molecule has 0 radical (unpaired) electrons. The van der Waals surface area contributed by atoms with E-state index in [1.807, 2.05) is 0 Å². The largest absolute Gasteiger partial charge is 0.480 e. The van der Waals surface area contributed by atoms with Crippen molar-refractivity contribution >= 4 is 11.7 Å². The summed E-state index contributed by atoms with van der Waals surface area (Å²) in [4.78, 5) is 12.6. The van der Waals surface area contributed by atoms with E-state index in [0.29, 0.717) is 6.54 Å². The molecule has 0 saturated carbocycles. The molecule has 0 aromatic heterocycles. The molecule has 2 rings (SSSR count). The Hall–Kier alpha value is -1.55. The van der Waals surface area contributed by atoms with Gasteiger partial charge in [0.2, 0.25) is 0 Å². The van der Waals surface area contributed by atoms with Gasteiger partial charge in [-0.25, -0.2) is 0 Å². The normalized spacial score (nSPS) is 13.9. The predicted molar refractivity (Wildman–Crippen MR) is 62.8 cm³/mol. The lowest BCUT2D eigenvalue weighted by Crippen LogP contribution is -2.21. The van der Waals surface area contributed by atoms with Crippen LogP contribution < -0.4 is 10.2 Å². The predicted octanol–water partition coefficient (Wildman–Crippen LogP) is 0.853. The first-order valence-electron chi connectivity index (χ1n) is 5.42. The zero-order valence-electron chi connectivity index (χ0n) is 9.36. The highest BCUT2D eigenvalue weighted by molar-refractivity contribution is 5.69. The third-order valence-corrected chi connectivity index (χ3v) is 2.88. The Labute approximate surface area is 94.9 Å². The van der Waals surface area contributed by atoms with Crippen molar-refractivity contribution in [3.8, 4) is 0 Å². The van der Waals surface area contributed by atoms with E-state index in [9.17, 15) is 4.79 Å². The summed E-state index contributed by atoms with van der Waals surface area (Å²) < 4.78 is 0. The molecule has 0 bridgehead atoms. The molecule has 1 aromatic rings. The molecule has 0 amide bonds. The fourth-order valence-electron chi connectivity index (χ4n) is 2.04. The Morgan fingerprint density at radius 3 is 3.12 bits per heavy atom. The summed E-state index contributed by atoms with van der Waals surface area (Å²) in [5.74, 6) is -0.819. The maximum atomic E-state index is 10.4. The molecule has 0 fully saturated rings. The number of carbonyl (C=O) groups is 1. The summed E-state index contributed by atoms with van der Waals surface area (Å²) in [5.41, 5.74) is 3.80. The molecule has 0 atom stereocenters. The van der Waals surface area contributed by atoms with Crippen LogP contribution in [0.5, 0.6) is 0 Å². The highest BCUT2D eigenvalue weighted by atomic mass is 16.4. The van der Waals surface area contributed by atoms with Gasteiger partial charge in [0.05, 0.1) is 6.54 Å². The Morgan fingerprint density at radius 1 is 1.56 bits per heavy atom. The van der Waals surface area contributed by atoms with Gasteiger partial charge in [0.25, 0.3) is 0 Å². The number of hydrogen-bond acceptors (Lipinski definition) is 3. The Bertz CT molecular complexity index is 404. The summed E-state index contributed by atoms with van der Waals surface area (Å²) >= 11 is 0. The van der Waals surface area contributed by atoms with Gasteiger partial charge in [0, 0.05) is 25.8 Å². The van der Waals surface area contributed by atoms with Crippen LogP contribution >= 0.6 is 0 Å². The molecule has 0 saturated heterocycles. The molecule has 1 aliphatic rings. The first-order valence-corrected chi connectivity index (χ1v) is 5.42.